The minimum Gasteiger partial charge on any atom is -0.484 e. The predicted molar refractivity (Wildman–Crippen MR) is 113 cm³/mol. The molecule has 0 bridgehead atoms. The number of aliphatic hydroxyl groups excluding tert-OH is 1. The van der Waals surface area contributed by atoms with Crippen molar-refractivity contribution < 1.29 is 19.4 Å². The fourth-order valence-corrected chi connectivity index (χ4v) is 4.69. The van der Waals surface area contributed by atoms with Crippen LogP contribution in [0.25, 0.3) is 10.9 Å². The van der Waals surface area contributed by atoms with Crippen LogP contribution >= 0.6 is 0 Å². The van der Waals surface area contributed by atoms with Crippen LogP contribution in [-0.4, -0.2) is 82.8 Å². The van der Waals surface area contributed by atoms with Crippen molar-refractivity contribution in [3.8, 4) is 5.75 Å². The fourth-order valence-electron chi connectivity index (χ4n) is 4.69. The summed E-state index contributed by atoms with van der Waals surface area (Å²) in [6.07, 6.45) is 0.803. The van der Waals surface area contributed by atoms with E-state index in [1.54, 1.807) is 11.9 Å². The normalized spacial score (nSPS) is 24.8. The van der Waals surface area contributed by atoms with Gasteiger partial charge in [-0.25, -0.2) is 0 Å². The van der Waals surface area contributed by atoms with Crippen molar-refractivity contribution in [2.24, 2.45) is 7.05 Å². The SMILES string of the molecule is Cc1cc2cc(OCC(=O)N(C)[C@@H]3CC[C@@H](N4CCNC(=O)C4)[C@@H]3O)ccc2n1C. The van der Waals surface area contributed by atoms with Crippen LogP contribution in [0, 0.1) is 6.92 Å². The van der Waals surface area contributed by atoms with Gasteiger partial charge < -0.3 is 24.6 Å². The molecule has 2 fully saturated rings. The molecular weight excluding hydrogens is 384 g/mol. The van der Waals surface area contributed by atoms with Gasteiger partial charge in [0.2, 0.25) is 5.91 Å². The third-order valence-corrected chi connectivity index (χ3v) is 6.59. The molecule has 1 aromatic heterocycles. The van der Waals surface area contributed by atoms with Gasteiger partial charge in [-0.2, -0.15) is 0 Å². The van der Waals surface area contributed by atoms with Crippen molar-refractivity contribution >= 4 is 22.7 Å². The highest BCUT2D eigenvalue weighted by molar-refractivity contribution is 5.83. The number of nitrogens with one attached hydrogen (secondary N) is 1. The minimum atomic E-state index is -0.673. The molecule has 0 spiro atoms. The maximum absolute atomic E-state index is 12.7. The van der Waals surface area contributed by atoms with Crippen molar-refractivity contribution in [2.75, 3.05) is 33.3 Å². The molecule has 4 rings (SSSR count). The predicted octanol–water partition coefficient (Wildman–Crippen LogP) is 0.648. The van der Waals surface area contributed by atoms with E-state index < -0.39 is 6.10 Å². The number of carbonyl (C=O) groups is 2. The number of ether oxygens (including phenoxy) is 1. The van der Waals surface area contributed by atoms with Crippen LogP contribution in [0.3, 0.4) is 0 Å². The summed E-state index contributed by atoms with van der Waals surface area (Å²) in [7, 11) is 3.74. The van der Waals surface area contributed by atoms with Gasteiger partial charge in [0.15, 0.2) is 6.61 Å². The molecule has 1 saturated carbocycles. The van der Waals surface area contributed by atoms with Gasteiger partial charge in [-0.1, -0.05) is 0 Å². The van der Waals surface area contributed by atoms with Gasteiger partial charge >= 0.3 is 0 Å². The van der Waals surface area contributed by atoms with Crippen molar-refractivity contribution in [2.45, 2.75) is 38.0 Å². The first-order chi connectivity index (χ1) is 14.3. The number of aryl methyl sites for hydroxylation is 2. The smallest absolute Gasteiger partial charge is 0.260 e. The molecule has 8 nitrogen and oxygen atoms in total. The second kappa shape index (κ2) is 8.28. The Morgan fingerprint density at radius 2 is 2.13 bits per heavy atom. The number of aromatic nitrogens is 1. The zero-order chi connectivity index (χ0) is 21.4. The van der Waals surface area contributed by atoms with Crippen LogP contribution in [0.15, 0.2) is 24.3 Å². The summed E-state index contributed by atoms with van der Waals surface area (Å²) in [4.78, 5) is 28.0. The maximum atomic E-state index is 12.7. The molecule has 2 aromatic rings. The first-order valence-corrected chi connectivity index (χ1v) is 10.5. The Labute approximate surface area is 176 Å². The highest BCUT2D eigenvalue weighted by Crippen LogP contribution is 2.29. The zero-order valence-corrected chi connectivity index (χ0v) is 17.8. The summed E-state index contributed by atoms with van der Waals surface area (Å²) in [5.41, 5.74) is 2.28. The van der Waals surface area contributed by atoms with Gasteiger partial charge in [0.05, 0.1) is 18.7 Å². The van der Waals surface area contributed by atoms with E-state index in [1.807, 2.05) is 30.1 Å². The number of piperazine rings is 1. The number of nitrogens with zero attached hydrogens (tertiary/aromatic N) is 3. The average molecular weight is 415 g/mol. The van der Waals surface area contributed by atoms with Crippen LogP contribution in [0.2, 0.25) is 0 Å². The van der Waals surface area contributed by atoms with Crippen LogP contribution in [-0.2, 0) is 16.6 Å². The van der Waals surface area contributed by atoms with Gasteiger partial charge in [0.1, 0.15) is 5.75 Å². The largest absolute Gasteiger partial charge is 0.484 e. The molecule has 2 N–H and O–H groups in total. The van der Waals surface area contributed by atoms with E-state index in [0.717, 1.165) is 29.6 Å². The summed E-state index contributed by atoms with van der Waals surface area (Å²) >= 11 is 0. The van der Waals surface area contributed by atoms with E-state index in [9.17, 15) is 14.7 Å². The fraction of sp³-hybridized carbons (Fsp3) is 0.545. The Balaban J connectivity index is 1.35. The van der Waals surface area contributed by atoms with E-state index in [0.29, 0.717) is 25.3 Å². The third kappa shape index (κ3) is 3.89. The average Bonchev–Trinajstić information content (AvgIpc) is 3.24. The van der Waals surface area contributed by atoms with E-state index in [4.69, 9.17) is 4.74 Å². The highest BCUT2D eigenvalue weighted by Gasteiger charge is 2.42. The molecule has 162 valence electrons. The molecular formula is C22H30N4O4. The molecule has 1 aromatic carbocycles. The number of fused-ring (bicyclic) bond motifs is 1. The molecule has 2 aliphatic rings. The second-order valence-corrected chi connectivity index (χ2v) is 8.38. The first kappa shape index (κ1) is 20.7. The number of carbonyl (C=O) groups excluding carboxylic acids is 2. The van der Waals surface area contributed by atoms with Gasteiger partial charge in [-0.05, 0) is 44.0 Å². The highest BCUT2D eigenvalue weighted by atomic mass is 16.5. The van der Waals surface area contributed by atoms with Crippen LogP contribution in [0.4, 0.5) is 0 Å². The molecule has 1 aliphatic heterocycles. The maximum Gasteiger partial charge on any atom is 0.260 e. The topological polar surface area (TPSA) is 87.0 Å². The van der Waals surface area contributed by atoms with E-state index in [1.165, 1.54) is 0 Å². The van der Waals surface area contributed by atoms with E-state index >= 15 is 0 Å². The van der Waals surface area contributed by atoms with Crippen LogP contribution in [0.5, 0.6) is 5.75 Å². The van der Waals surface area contributed by atoms with E-state index in [2.05, 4.69) is 22.9 Å². The molecule has 0 unspecified atom stereocenters. The zero-order valence-electron chi connectivity index (χ0n) is 17.8. The summed E-state index contributed by atoms with van der Waals surface area (Å²) in [5, 5.41) is 14.7. The molecule has 3 atom stereocenters. The molecule has 0 radical (unpaired) electrons. The Morgan fingerprint density at radius 1 is 1.33 bits per heavy atom. The number of benzene rings is 1. The summed E-state index contributed by atoms with van der Waals surface area (Å²) < 4.78 is 7.87. The summed E-state index contributed by atoms with van der Waals surface area (Å²) in [6, 6.07) is 7.53. The Morgan fingerprint density at radius 3 is 2.90 bits per heavy atom. The quantitative estimate of drug-likeness (QED) is 0.750. The van der Waals surface area contributed by atoms with E-state index in [-0.39, 0.29) is 30.5 Å². The number of amides is 2. The molecule has 8 heteroatoms. The lowest BCUT2D eigenvalue weighted by Gasteiger charge is -2.35. The minimum absolute atomic E-state index is 0.0136. The van der Waals surface area contributed by atoms with Crippen LogP contribution in [0.1, 0.15) is 18.5 Å². The van der Waals surface area contributed by atoms with Crippen molar-refractivity contribution in [3.63, 3.8) is 0 Å². The van der Waals surface area contributed by atoms with Gasteiger partial charge in [0.25, 0.3) is 5.91 Å². The monoisotopic (exact) mass is 414 g/mol. The summed E-state index contributed by atoms with van der Waals surface area (Å²) in [6.45, 7) is 3.60. The standard InChI is InChI=1S/C22H30N4O4/c1-14-10-15-11-16(4-5-17(15)24(14)2)30-13-21(28)25(3)18-6-7-19(22(18)29)26-9-8-23-20(27)12-26/h4-5,10-11,18-19,22,29H,6-9,12-13H2,1-3H3,(H,23,27)/t18-,19-,22-/m1/s1. The Bertz CT molecular complexity index is 956. The van der Waals surface area contributed by atoms with Crippen molar-refractivity contribution in [1.82, 2.24) is 19.7 Å². The number of aliphatic hydroxyl groups is 1. The lowest BCUT2D eigenvalue weighted by molar-refractivity contribution is -0.137. The van der Waals surface area contributed by atoms with Crippen LogP contribution < -0.4 is 10.1 Å². The molecule has 2 amide bonds. The van der Waals surface area contributed by atoms with Gasteiger partial charge in [-0.3, -0.25) is 14.5 Å². The molecule has 30 heavy (non-hydrogen) atoms. The van der Waals surface area contributed by atoms with Gasteiger partial charge in [-0.15, -0.1) is 0 Å². The Kier molecular flexibility index (Phi) is 5.71. The number of likely N-dealkylation sites (N-methyl/N-ethyl adjacent to an activating group) is 1. The van der Waals surface area contributed by atoms with Crippen molar-refractivity contribution in [1.29, 1.82) is 0 Å². The number of rotatable bonds is 5. The third-order valence-electron chi connectivity index (χ3n) is 6.59. The molecule has 1 aliphatic carbocycles. The molecule has 1 saturated heterocycles. The lowest BCUT2D eigenvalue weighted by atomic mass is 10.1. The lowest BCUT2D eigenvalue weighted by Crippen LogP contribution is -2.56. The first-order valence-electron chi connectivity index (χ1n) is 10.5. The Hall–Kier alpha value is -2.58. The number of hydrogen-bond acceptors (Lipinski definition) is 5. The molecule has 2 heterocycles. The second-order valence-electron chi connectivity index (χ2n) is 8.38. The number of hydrogen-bond donors (Lipinski definition) is 2. The summed E-state index contributed by atoms with van der Waals surface area (Å²) in [5.74, 6) is 0.472. The van der Waals surface area contributed by atoms with Gasteiger partial charge in [0, 0.05) is 49.8 Å². The van der Waals surface area contributed by atoms with Crippen molar-refractivity contribution in [3.05, 3.63) is 30.0 Å².